The first kappa shape index (κ1) is 20.8. The molecule has 0 saturated heterocycles. The molecule has 0 unspecified atom stereocenters. The molecule has 1 N–H and O–H groups in total. The topological polar surface area (TPSA) is 77.5 Å². The van der Waals surface area contributed by atoms with E-state index in [1.807, 2.05) is 12.1 Å². The van der Waals surface area contributed by atoms with Crippen LogP contribution in [0.15, 0.2) is 53.9 Å². The van der Waals surface area contributed by atoms with Gasteiger partial charge in [0.1, 0.15) is 12.4 Å². The number of hydrogen-bond acceptors (Lipinski definition) is 6. The van der Waals surface area contributed by atoms with Gasteiger partial charge in [-0.3, -0.25) is 14.9 Å². The summed E-state index contributed by atoms with van der Waals surface area (Å²) in [5, 5.41) is 5.52. The van der Waals surface area contributed by atoms with Crippen LogP contribution in [0.2, 0.25) is 5.02 Å². The zero-order chi connectivity index (χ0) is 20.6. The number of ether oxygens (including phenoxy) is 2. The molecule has 6 nitrogen and oxygen atoms in total. The summed E-state index contributed by atoms with van der Waals surface area (Å²) in [5.41, 5.74) is 1.88. The lowest BCUT2D eigenvalue weighted by Gasteiger charge is -2.11. The summed E-state index contributed by atoms with van der Waals surface area (Å²) in [6, 6.07) is 14.3. The fourth-order valence-electron chi connectivity index (χ4n) is 2.49. The van der Waals surface area contributed by atoms with Gasteiger partial charge in [0, 0.05) is 10.4 Å². The highest BCUT2D eigenvalue weighted by molar-refractivity contribution is 7.14. The number of nitrogens with zero attached hydrogens (tertiary/aromatic N) is 1. The molecule has 150 valence electrons. The molecule has 3 rings (SSSR count). The number of aromatic nitrogens is 1. The Bertz CT molecular complexity index is 988. The summed E-state index contributed by atoms with van der Waals surface area (Å²) in [4.78, 5) is 28.5. The van der Waals surface area contributed by atoms with E-state index in [9.17, 15) is 9.59 Å². The number of esters is 1. The van der Waals surface area contributed by atoms with Crippen molar-refractivity contribution in [1.29, 1.82) is 0 Å². The standard InChI is InChI=1S/C21H19ClN2O4S/c1-2-27-19(25)11-16-13-29-21(23-16)24-20(26)17-5-3-4-6-18(17)28-12-14-7-9-15(22)10-8-14/h3-10,13H,2,11-12H2,1H3,(H,23,24,26). The molecule has 1 aromatic heterocycles. The van der Waals surface area contributed by atoms with Crippen molar-refractivity contribution in [2.75, 3.05) is 11.9 Å². The van der Waals surface area contributed by atoms with E-state index < -0.39 is 0 Å². The molecule has 0 aliphatic carbocycles. The lowest BCUT2D eigenvalue weighted by molar-refractivity contribution is -0.142. The number of anilines is 1. The maximum Gasteiger partial charge on any atom is 0.311 e. The number of benzene rings is 2. The molecule has 0 bridgehead atoms. The van der Waals surface area contributed by atoms with Crippen LogP contribution in [0.4, 0.5) is 5.13 Å². The molecule has 2 aromatic carbocycles. The predicted molar refractivity (Wildman–Crippen MR) is 113 cm³/mol. The maximum atomic E-state index is 12.7. The van der Waals surface area contributed by atoms with E-state index in [-0.39, 0.29) is 18.3 Å². The number of carbonyl (C=O) groups is 2. The Labute approximate surface area is 177 Å². The van der Waals surface area contributed by atoms with Crippen molar-refractivity contribution >= 4 is 39.9 Å². The second-order valence-corrected chi connectivity index (χ2v) is 7.29. The van der Waals surface area contributed by atoms with Gasteiger partial charge in [-0.1, -0.05) is 35.9 Å². The summed E-state index contributed by atoms with van der Waals surface area (Å²) in [6.07, 6.45) is 0.0704. The number of thiazole rings is 1. The van der Waals surface area contributed by atoms with Crippen LogP contribution < -0.4 is 10.1 Å². The molecule has 0 atom stereocenters. The average Bonchev–Trinajstić information content (AvgIpc) is 3.14. The van der Waals surface area contributed by atoms with Crippen LogP contribution in [-0.4, -0.2) is 23.5 Å². The van der Waals surface area contributed by atoms with Crippen molar-refractivity contribution in [2.24, 2.45) is 0 Å². The Kier molecular flexibility index (Phi) is 7.21. The zero-order valence-electron chi connectivity index (χ0n) is 15.7. The SMILES string of the molecule is CCOC(=O)Cc1csc(NC(=O)c2ccccc2OCc2ccc(Cl)cc2)n1. The summed E-state index contributed by atoms with van der Waals surface area (Å²) in [7, 11) is 0. The van der Waals surface area contributed by atoms with Gasteiger partial charge in [0.15, 0.2) is 5.13 Å². The van der Waals surface area contributed by atoms with Gasteiger partial charge >= 0.3 is 5.97 Å². The molecule has 3 aromatic rings. The molecule has 8 heteroatoms. The van der Waals surface area contributed by atoms with Crippen LogP contribution in [0.25, 0.3) is 0 Å². The van der Waals surface area contributed by atoms with E-state index in [0.717, 1.165) is 5.56 Å². The van der Waals surface area contributed by atoms with Crippen molar-refractivity contribution in [2.45, 2.75) is 20.0 Å². The van der Waals surface area contributed by atoms with Gasteiger partial charge in [0.2, 0.25) is 0 Å². The number of nitrogens with one attached hydrogen (secondary N) is 1. The molecule has 0 saturated carbocycles. The Morgan fingerprint density at radius 1 is 1.14 bits per heavy atom. The van der Waals surface area contributed by atoms with Crippen molar-refractivity contribution in [3.05, 3.63) is 75.8 Å². The van der Waals surface area contributed by atoms with Gasteiger partial charge in [-0.25, -0.2) is 4.98 Å². The van der Waals surface area contributed by atoms with E-state index in [2.05, 4.69) is 10.3 Å². The van der Waals surface area contributed by atoms with Crippen LogP contribution >= 0.6 is 22.9 Å². The smallest absolute Gasteiger partial charge is 0.311 e. The first-order valence-corrected chi connectivity index (χ1v) is 10.2. The Hall–Kier alpha value is -2.90. The largest absolute Gasteiger partial charge is 0.488 e. The molecule has 1 heterocycles. The van der Waals surface area contributed by atoms with Gasteiger partial charge in [0.25, 0.3) is 5.91 Å². The minimum atomic E-state index is -0.350. The van der Waals surface area contributed by atoms with E-state index in [4.69, 9.17) is 21.1 Å². The maximum absolute atomic E-state index is 12.7. The Morgan fingerprint density at radius 2 is 1.90 bits per heavy atom. The first-order chi connectivity index (χ1) is 14.0. The van der Waals surface area contributed by atoms with E-state index >= 15 is 0 Å². The Balaban J connectivity index is 1.64. The minimum Gasteiger partial charge on any atom is -0.488 e. The lowest BCUT2D eigenvalue weighted by atomic mass is 10.2. The number of carbonyl (C=O) groups excluding carboxylic acids is 2. The molecular formula is C21H19ClN2O4S. The molecule has 0 radical (unpaired) electrons. The summed E-state index contributed by atoms with van der Waals surface area (Å²) in [6.45, 7) is 2.37. The van der Waals surface area contributed by atoms with Crippen molar-refractivity contribution < 1.29 is 19.1 Å². The second kappa shape index (κ2) is 10.0. The molecule has 1 amide bonds. The van der Waals surface area contributed by atoms with Crippen LogP contribution in [0.5, 0.6) is 5.75 Å². The molecule has 0 aliphatic heterocycles. The van der Waals surface area contributed by atoms with Crippen LogP contribution in [0.1, 0.15) is 28.5 Å². The van der Waals surface area contributed by atoms with Gasteiger partial charge in [-0.05, 0) is 36.8 Å². The van der Waals surface area contributed by atoms with Crippen LogP contribution in [0, 0.1) is 0 Å². The summed E-state index contributed by atoms with van der Waals surface area (Å²) >= 11 is 7.14. The zero-order valence-corrected chi connectivity index (χ0v) is 17.3. The van der Waals surface area contributed by atoms with Gasteiger partial charge in [-0.15, -0.1) is 11.3 Å². The molecule has 0 spiro atoms. The van der Waals surface area contributed by atoms with Crippen molar-refractivity contribution in [3.63, 3.8) is 0 Å². The third-order valence-electron chi connectivity index (χ3n) is 3.84. The van der Waals surface area contributed by atoms with Crippen molar-refractivity contribution in [3.8, 4) is 5.75 Å². The summed E-state index contributed by atoms with van der Waals surface area (Å²) < 4.78 is 10.7. The minimum absolute atomic E-state index is 0.0704. The van der Waals surface area contributed by atoms with Crippen LogP contribution in [0.3, 0.4) is 0 Å². The number of rotatable bonds is 8. The highest BCUT2D eigenvalue weighted by Gasteiger charge is 2.15. The lowest BCUT2D eigenvalue weighted by Crippen LogP contribution is -2.14. The fraction of sp³-hybridized carbons (Fsp3) is 0.190. The molecule has 0 fully saturated rings. The molecular weight excluding hydrogens is 412 g/mol. The normalized spacial score (nSPS) is 10.4. The fourth-order valence-corrected chi connectivity index (χ4v) is 3.32. The van der Waals surface area contributed by atoms with E-state index in [0.29, 0.717) is 40.4 Å². The number of hydrogen-bond donors (Lipinski definition) is 1. The number of para-hydroxylation sites is 1. The molecule has 0 aliphatic rings. The third kappa shape index (κ3) is 6.04. The third-order valence-corrected chi connectivity index (χ3v) is 4.90. The molecule has 29 heavy (non-hydrogen) atoms. The quantitative estimate of drug-likeness (QED) is 0.522. The van der Waals surface area contributed by atoms with Gasteiger partial charge < -0.3 is 9.47 Å². The van der Waals surface area contributed by atoms with Crippen LogP contribution in [-0.2, 0) is 22.6 Å². The van der Waals surface area contributed by atoms with Crippen molar-refractivity contribution in [1.82, 2.24) is 4.98 Å². The monoisotopic (exact) mass is 430 g/mol. The van der Waals surface area contributed by atoms with E-state index in [1.54, 1.807) is 48.7 Å². The van der Waals surface area contributed by atoms with E-state index in [1.165, 1.54) is 11.3 Å². The number of amides is 1. The Morgan fingerprint density at radius 3 is 2.66 bits per heavy atom. The average molecular weight is 431 g/mol. The van der Waals surface area contributed by atoms with Gasteiger partial charge in [-0.2, -0.15) is 0 Å². The highest BCUT2D eigenvalue weighted by atomic mass is 35.5. The van der Waals surface area contributed by atoms with Gasteiger partial charge in [0.05, 0.1) is 24.3 Å². The summed E-state index contributed by atoms with van der Waals surface area (Å²) in [5.74, 6) is -0.228. The number of halogens is 1. The predicted octanol–water partition coefficient (Wildman–Crippen LogP) is 4.73. The first-order valence-electron chi connectivity index (χ1n) is 8.93. The highest BCUT2D eigenvalue weighted by Crippen LogP contribution is 2.23. The second-order valence-electron chi connectivity index (χ2n) is 5.99.